The van der Waals surface area contributed by atoms with Crippen molar-refractivity contribution in [3.05, 3.63) is 108 Å². The van der Waals surface area contributed by atoms with E-state index in [1.807, 2.05) is 18.2 Å². The van der Waals surface area contributed by atoms with Crippen molar-refractivity contribution in [2.45, 2.75) is 31.1 Å². The van der Waals surface area contributed by atoms with Crippen LogP contribution in [0, 0.1) is 5.41 Å². The smallest absolute Gasteiger partial charge is 0.224 e. The van der Waals surface area contributed by atoms with E-state index in [0.717, 1.165) is 12.8 Å². The molecule has 1 fully saturated rings. The van der Waals surface area contributed by atoms with Gasteiger partial charge in [-0.25, -0.2) is 0 Å². The van der Waals surface area contributed by atoms with Gasteiger partial charge >= 0.3 is 0 Å². The molecule has 0 heterocycles. The number of hydrogen-bond donors (Lipinski definition) is 1. The molecule has 2 nitrogen and oxygen atoms in total. The largest absolute Gasteiger partial charge is 0.369 e. The first-order valence-electron chi connectivity index (χ1n) is 9.61. The van der Waals surface area contributed by atoms with Crippen LogP contribution >= 0.6 is 0 Å². The lowest BCUT2D eigenvalue weighted by atomic mass is 9.39. The van der Waals surface area contributed by atoms with Crippen LogP contribution in [0.15, 0.2) is 91.0 Å². The maximum Gasteiger partial charge on any atom is 0.224 e. The molecule has 2 atom stereocenters. The van der Waals surface area contributed by atoms with Crippen LogP contribution in [0.25, 0.3) is 0 Å². The minimum absolute atomic E-state index is 0.0125. The van der Waals surface area contributed by atoms with Crippen LogP contribution in [0.4, 0.5) is 0 Å². The maximum atomic E-state index is 12.7. The van der Waals surface area contributed by atoms with Crippen LogP contribution in [0.5, 0.6) is 0 Å². The Balaban J connectivity index is 2.00. The van der Waals surface area contributed by atoms with Gasteiger partial charge in [0.2, 0.25) is 5.91 Å². The fourth-order valence-electron chi connectivity index (χ4n) is 5.20. The Morgan fingerprint density at radius 1 is 0.852 bits per heavy atom. The molecule has 27 heavy (non-hydrogen) atoms. The average molecular weight is 355 g/mol. The summed E-state index contributed by atoms with van der Waals surface area (Å²) in [5.74, 6) is -0.181. The predicted molar refractivity (Wildman–Crippen MR) is 109 cm³/mol. The number of benzene rings is 3. The molecule has 0 saturated heterocycles. The molecule has 0 aromatic heterocycles. The maximum absolute atomic E-state index is 12.7. The van der Waals surface area contributed by atoms with Crippen LogP contribution in [-0.2, 0) is 10.2 Å². The minimum Gasteiger partial charge on any atom is -0.369 e. The van der Waals surface area contributed by atoms with E-state index in [1.165, 1.54) is 16.7 Å². The van der Waals surface area contributed by atoms with Gasteiger partial charge in [-0.05, 0) is 29.5 Å². The van der Waals surface area contributed by atoms with Crippen molar-refractivity contribution in [1.29, 1.82) is 0 Å². The highest BCUT2D eigenvalue weighted by Gasteiger charge is 2.66. The molecule has 0 radical (unpaired) electrons. The monoisotopic (exact) mass is 355 g/mol. The molecule has 136 valence electrons. The van der Waals surface area contributed by atoms with Gasteiger partial charge in [-0.15, -0.1) is 0 Å². The Kier molecular flexibility index (Phi) is 4.35. The lowest BCUT2D eigenvalue weighted by Gasteiger charge is -2.62. The number of amides is 1. The van der Waals surface area contributed by atoms with Crippen LogP contribution in [-0.4, -0.2) is 5.91 Å². The van der Waals surface area contributed by atoms with Crippen LogP contribution < -0.4 is 5.73 Å². The van der Waals surface area contributed by atoms with Gasteiger partial charge in [-0.2, -0.15) is 0 Å². The quantitative estimate of drug-likeness (QED) is 0.684. The van der Waals surface area contributed by atoms with Crippen LogP contribution in [0.1, 0.15) is 42.4 Å². The summed E-state index contributed by atoms with van der Waals surface area (Å²) in [6.07, 6.45) is 1.47. The van der Waals surface area contributed by atoms with Crippen molar-refractivity contribution in [2.75, 3.05) is 0 Å². The highest BCUT2D eigenvalue weighted by molar-refractivity contribution is 5.85. The molecular weight excluding hydrogens is 330 g/mol. The van der Waals surface area contributed by atoms with Gasteiger partial charge in [-0.3, -0.25) is 4.79 Å². The molecule has 1 saturated carbocycles. The van der Waals surface area contributed by atoms with E-state index in [1.54, 1.807) is 0 Å². The summed E-state index contributed by atoms with van der Waals surface area (Å²) in [6, 6.07) is 31.5. The SMILES string of the molecule is CCC1(C(N)=O)CC(c2ccccc2)(c2ccccc2)[C@H]1c1ccccc1. The van der Waals surface area contributed by atoms with Crippen LogP contribution in [0.3, 0.4) is 0 Å². The topological polar surface area (TPSA) is 43.1 Å². The summed E-state index contributed by atoms with van der Waals surface area (Å²) in [7, 11) is 0. The summed E-state index contributed by atoms with van der Waals surface area (Å²) >= 11 is 0. The molecule has 0 bridgehead atoms. The Morgan fingerprint density at radius 2 is 1.30 bits per heavy atom. The third-order valence-electron chi connectivity index (χ3n) is 6.47. The number of rotatable bonds is 5. The number of nitrogens with two attached hydrogens (primary N) is 1. The Labute approximate surface area is 161 Å². The van der Waals surface area contributed by atoms with Gasteiger partial charge in [0.15, 0.2) is 0 Å². The fraction of sp³-hybridized carbons (Fsp3) is 0.240. The summed E-state index contributed by atoms with van der Waals surface area (Å²) in [5.41, 5.74) is 8.89. The summed E-state index contributed by atoms with van der Waals surface area (Å²) in [4.78, 5) is 12.7. The van der Waals surface area contributed by atoms with Gasteiger partial charge < -0.3 is 5.73 Å². The second-order valence-electron chi connectivity index (χ2n) is 7.60. The zero-order valence-corrected chi connectivity index (χ0v) is 15.6. The molecule has 2 heteroatoms. The molecule has 1 aliphatic carbocycles. The van der Waals surface area contributed by atoms with Crippen molar-refractivity contribution in [3.63, 3.8) is 0 Å². The minimum atomic E-state index is -0.535. The molecular formula is C25H25NO. The third kappa shape index (κ3) is 2.51. The lowest BCUT2D eigenvalue weighted by molar-refractivity contribution is -0.140. The standard InChI is InChI=1S/C25H25NO/c1-2-24(23(26)27)18-25(20-14-8-4-9-15-20,21-16-10-5-11-17-21)22(24)19-12-6-3-7-13-19/h3-17,22H,2,18H2,1H3,(H2,26,27)/t22-,24?/m0/s1. The highest BCUT2D eigenvalue weighted by Crippen LogP contribution is 2.69. The molecule has 1 unspecified atom stereocenters. The zero-order valence-electron chi connectivity index (χ0n) is 15.6. The number of carbonyl (C=O) groups is 1. The average Bonchev–Trinajstić information content (AvgIpc) is 2.70. The molecule has 0 aliphatic heterocycles. The second-order valence-corrected chi connectivity index (χ2v) is 7.60. The van der Waals surface area contributed by atoms with E-state index in [0.29, 0.717) is 0 Å². The molecule has 3 aromatic rings. The number of primary amides is 1. The summed E-state index contributed by atoms with van der Waals surface area (Å²) in [6.45, 7) is 2.08. The van der Waals surface area contributed by atoms with E-state index in [2.05, 4.69) is 79.7 Å². The van der Waals surface area contributed by atoms with E-state index in [-0.39, 0.29) is 17.2 Å². The molecule has 4 rings (SSSR count). The van der Waals surface area contributed by atoms with E-state index in [9.17, 15) is 4.79 Å². The lowest BCUT2D eigenvalue weighted by Crippen LogP contribution is -2.62. The molecule has 3 aromatic carbocycles. The van der Waals surface area contributed by atoms with Gasteiger partial charge in [0.1, 0.15) is 0 Å². The fourth-order valence-corrected chi connectivity index (χ4v) is 5.20. The van der Waals surface area contributed by atoms with Crippen LogP contribution in [0.2, 0.25) is 0 Å². The Hall–Kier alpha value is -2.87. The Morgan fingerprint density at radius 3 is 1.70 bits per heavy atom. The van der Waals surface area contributed by atoms with Gasteiger partial charge in [0, 0.05) is 11.3 Å². The number of hydrogen-bond acceptors (Lipinski definition) is 1. The summed E-state index contributed by atoms with van der Waals surface area (Å²) in [5, 5.41) is 0. The van der Waals surface area contributed by atoms with E-state index in [4.69, 9.17) is 5.73 Å². The second kappa shape index (κ2) is 6.70. The Bertz CT molecular complexity index is 881. The third-order valence-corrected chi connectivity index (χ3v) is 6.47. The molecule has 0 spiro atoms. The van der Waals surface area contributed by atoms with Gasteiger partial charge in [0.25, 0.3) is 0 Å². The summed E-state index contributed by atoms with van der Waals surface area (Å²) < 4.78 is 0. The molecule has 1 amide bonds. The first-order chi connectivity index (χ1) is 13.1. The van der Waals surface area contributed by atoms with Crippen molar-refractivity contribution in [1.82, 2.24) is 0 Å². The molecule has 2 N–H and O–H groups in total. The van der Waals surface area contributed by atoms with E-state index >= 15 is 0 Å². The van der Waals surface area contributed by atoms with Gasteiger partial charge in [0.05, 0.1) is 5.41 Å². The van der Waals surface area contributed by atoms with Crippen molar-refractivity contribution in [3.8, 4) is 0 Å². The van der Waals surface area contributed by atoms with Crippen molar-refractivity contribution in [2.24, 2.45) is 11.1 Å². The van der Waals surface area contributed by atoms with E-state index < -0.39 is 5.41 Å². The van der Waals surface area contributed by atoms with Gasteiger partial charge in [-0.1, -0.05) is 97.9 Å². The predicted octanol–water partition coefficient (Wildman–Crippen LogP) is 5.04. The normalized spacial score (nSPS) is 23.4. The molecule has 1 aliphatic rings. The first kappa shape index (κ1) is 17.5. The number of carbonyl (C=O) groups excluding carboxylic acids is 1. The highest BCUT2D eigenvalue weighted by atomic mass is 16.1. The first-order valence-corrected chi connectivity index (χ1v) is 9.61. The van der Waals surface area contributed by atoms with Crippen molar-refractivity contribution >= 4 is 5.91 Å². The van der Waals surface area contributed by atoms with Crippen molar-refractivity contribution < 1.29 is 4.79 Å². The zero-order chi connectivity index (χ0) is 18.9.